The van der Waals surface area contributed by atoms with Crippen molar-refractivity contribution in [3.05, 3.63) is 34.5 Å². The molecule has 0 aliphatic heterocycles. The molecule has 0 aliphatic carbocycles. The van der Waals surface area contributed by atoms with Gasteiger partial charge < -0.3 is 10.3 Å². The minimum Gasteiger partial charge on any atom is -0.347 e. The van der Waals surface area contributed by atoms with Gasteiger partial charge in [-0.3, -0.25) is 0 Å². The average molecular weight is 230 g/mol. The molecule has 0 bridgehead atoms. The maximum atomic E-state index is 6.32. The Hall–Kier alpha value is -1.28. The molecule has 0 fully saturated rings. The van der Waals surface area contributed by atoms with Crippen molar-refractivity contribution in [3.8, 4) is 0 Å². The minimum atomic E-state index is -0.302. The first-order valence-electron chi connectivity index (χ1n) is 6.09. The van der Waals surface area contributed by atoms with E-state index in [1.54, 1.807) is 0 Å². The van der Waals surface area contributed by atoms with Gasteiger partial charge in [-0.2, -0.15) is 0 Å². The fourth-order valence-electron chi connectivity index (χ4n) is 2.94. The summed E-state index contributed by atoms with van der Waals surface area (Å²) in [4.78, 5) is 0. The molecular formula is C15H22N2. The zero-order valence-electron chi connectivity index (χ0n) is 11.7. The second kappa shape index (κ2) is 3.61. The third-order valence-corrected chi connectivity index (χ3v) is 3.56. The van der Waals surface area contributed by atoms with Gasteiger partial charge in [0, 0.05) is 23.7 Å². The van der Waals surface area contributed by atoms with Crippen LogP contribution in [0.1, 0.15) is 36.2 Å². The van der Waals surface area contributed by atoms with E-state index in [0.29, 0.717) is 0 Å². The zero-order chi connectivity index (χ0) is 13.0. The summed E-state index contributed by atoms with van der Waals surface area (Å²) < 4.78 is 2.26. The zero-order valence-corrected chi connectivity index (χ0v) is 11.7. The fraction of sp³-hybridized carbons (Fsp3) is 0.467. The lowest BCUT2D eigenvalue weighted by molar-refractivity contribution is 0.552. The van der Waals surface area contributed by atoms with Gasteiger partial charge in [0.25, 0.3) is 0 Å². The number of nitrogens with zero attached hydrogens (tertiary/aromatic N) is 1. The molecule has 2 nitrogen and oxygen atoms in total. The van der Waals surface area contributed by atoms with E-state index in [4.69, 9.17) is 5.73 Å². The molecule has 0 spiro atoms. The highest BCUT2D eigenvalue weighted by Crippen LogP contribution is 2.34. The molecule has 17 heavy (non-hydrogen) atoms. The van der Waals surface area contributed by atoms with Crippen LogP contribution in [0.2, 0.25) is 0 Å². The van der Waals surface area contributed by atoms with E-state index in [2.05, 4.69) is 58.4 Å². The van der Waals surface area contributed by atoms with Crippen LogP contribution in [0.4, 0.5) is 0 Å². The molecule has 0 amide bonds. The first kappa shape index (κ1) is 12.2. The topological polar surface area (TPSA) is 30.9 Å². The number of fused-ring (bicyclic) bond motifs is 1. The summed E-state index contributed by atoms with van der Waals surface area (Å²) >= 11 is 0. The largest absolute Gasteiger partial charge is 0.347 e. The van der Waals surface area contributed by atoms with Crippen LogP contribution in [0.25, 0.3) is 10.9 Å². The van der Waals surface area contributed by atoms with Crippen molar-refractivity contribution in [1.82, 2.24) is 4.57 Å². The van der Waals surface area contributed by atoms with Crippen LogP contribution in [0.3, 0.4) is 0 Å². The van der Waals surface area contributed by atoms with Crippen molar-refractivity contribution in [1.29, 1.82) is 0 Å². The first-order valence-corrected chi connectivity index (χ1v) is 6.09. The maximum absolute atomic E-state index is 6.32. The number of nitrogens with two attached hydrogens (primary N) is 1. The summed E-state index contributed by atoms with van der Waals surface area (Å²) in [5.41, 5.74) is 12.5. The van der Waals surface area contributed by atoms with Crippen LogP contribution in [-0.2, 0) is 12.6 Å². The van der Waals surface area contributed by atoms with Crippen molar-refractivity contribution in [3.63, 3.8) is 0 Å². The highest BCUT2D eigenvalue weighted by atomic mass is 15.0. The quantitative estimate of drug-likeness (QED) is 0.800. The summed E-state index contributed by atoms with van der Waals surface area (Å²) in [5, 5.41) is 1.30. The Morgan fingerprint density at radius 3 is 2.24 bits per heavy atom. The molecule has 0 unspecified atom stereocenters. The highest BCUT2D eigenvalue weighted by molar-refractivity contribution is 5.89. The fourth-order valence-corrected chi connectivity index (χ4v) is 2.94. The molecule has 0 aliphatic rings. The molecule has 1 heterocycles. The number of aryl methyl sites for hydroxylation is 3. The van der Waals surface area contributed by atoms with Crippen molar-refractivity contribution in [2.24, 2.45) is 12.8 Å². The lowest BCUT2D eigenvalue weighted by Gasteiger charge is -2.20. The highest BCUT2D eigenvalue weighted by Gasteiger charge is 2.24. The van der Waals surface area contributed by atoms with Crippen molar-refractivity contribution >= 4 is 10.9 Å². The summed E-state index contributed by atoms with van der Waals surface area (Å²) in [5.74, 6) is 0. The van der Waals surface area contributed by atoms with Gasteiger partial charge >= 0.3 is 0 Å². The van der Waals surface area contributed by atoms with Crippen molar-refractivity contribution in [2.75, 3.05) is 0 Å². The SMILES string of the molecule is Cc1cc(C)c2c(c1)c(C(C)(C)N)c(C)n2C. The van der Waals surface area contributed by atoms with E-state index < -0.39 is 0 Å². The van der Waals surface area contributed by atoms with E-state index in [9.17, 15) is 0 Å². The Morgan fingerprint density at radius 1 is 1.12 bits per heavy atom. The van der Waals surface area contributed by atoms with Gasteiger partial charge in [-0.25, -0.2) is 0 Å². The number of hydrogen-bond donors (Lipinski definition) is 1. The van der Waals surface area contributed by atoms with Gasteiger partial charge in [0.05, 0.1) is 5.52 Å². The molecule has 0 saturated heterocycles. The van der Waals surface area contributed by atoms with Crippen LogP contribution in [-0.4, -0.2) is 4.57 Å². The molecule has 0 atom stereocenters. The normalized spacial score (nSPS) is 12.4. The van der Waals surface area contributed by atoms with Crippen LogP contribution in [0.15, 0.2) is 12.1 Å². The lowest BCUT2D eigenvalue weighted by Crippen LogP contribution is -2.29. The minimum absolute atomic E-state index is 0.302. The molecule has 1 aromatic heterocycles. The second-order valence-corrected chi connectivity index (χ2v) is 5.72. The smallest absolute Gasteiger partial charge is 0.0513 e. The van der Waals surface area contributed by atoms with Crippen LogP contribution >= 0.6 is 0 Å². The Kier molecular flexibility index (Phi) is 2.58. The second-order valence-electron chi connectivity index (χ2n) is 5.72. The summed E-state index contributed by atoms with van der Waals surface area (Å²) in [6.45, 7) is 10.6. The number of benzene rings is 1. The summed E-state index contributed by atoms with van der Waals surface area (Å²) in [7, 11) is 2.12. The predicted molar refractivity (Wildman–Crippen MR) is 74.3 cm³/mol. The lowest BCUT2D eigenvalue weighted by atomic mass is 9.91. The molecule has 2 aromatic rings. The number of aromatic nitrogens is 1. The van der Waals surface area contributed by atoms with Gasteiger partial charge in [0.2, 0.25) is 0 Å². The third-order valence-electron chi connectivity index (χ3n) is 3.56. The van der Waals surface area contributed by atoms with E-state index >= 15 is 0 Å². The van der Waals surface area contributed by atoms with Gasteiger partial charge in [-0.05, 0) is 51.8 Å². The molecule has 92 valence electrons. The standard InChI is InChI=1S/C15H22N2/c1-9-7-10(2)14-12(8-9)13(15(4,5)16)11(3)17(14)6/h7-8H,16H2,1-6H3. The number of hydrogen-bond acceptors (Lipinski definition) is 1. The monoisotopic (exact) mass is 230 g/mol. The van der Waals surface area contributed by atoms with Crippen molar-refractivity contribution in [2.45, 2.75) is 40.2 Å². The van der Waals surface area contributed by atoms with Crippen LogP contribution < -0.4 is 5.73 Å². The van der Waals surface area contributed by atoms with Gasteiger partial charge in [-0.15, -0.1) is 0 Å². The van der Waals surface area contributed by atoms with E-state index in [-0.39, 0.29) is 5.54 Å². The Morgan fingerprint density at radius 2 is 1.71 bits per heavy atom. The Bertz CT molecular complexity index is 583. The molecule has 1 aromatic carbocycles. The molecule has 2 rings (SSSR count). The van der Waals surface area contributed by atoms with Gasteiger partial charge in [0.15, 0.2) is 0 Å². The first-order chi connectivity index (χ1) is 7.73. The van der Waals surface area contributed by atoms with E-state index in [1.807, 2.05) is 0 Å². The Balaban J connectivity index is 2.99. The van der Waals surface area contributed by atoms with E-state index in [0.717, 1.165) is 0 Å². The van der Waals surface area contributed by atoms with Crippen LogP contribution in [0, 0.1) is 20.8 Å². The van der Waals surface area contributed by atoms with E-state index in [1.165, 1.54) is 33.3 Å². The van der Waals surface area contributed by atoms with Gasteiger partial charge in [-0.1, -0.05) is 11.6 Å². The molecule has 0 saturated carbocycles. The van der Waals surface area contributed by atoms with Gasteiger partial charge in [0.1, 0.15) is 0 Å². The van der Waals surface area contributed by atoms with Crippen LogP contribution in [0.5, 0.6) is 0 Å². The number of rotatable bonds is 1. The predicted octanol–water partition coefficient (Wildman–Crippen LogP) is 3.30. The third kappa shape index (κ3) is 1.77. The molecule has 0 radical (unpaired) electrons. The van der Waals surface area contributed by atoms with Crippen molar-refractivity contribution < 1.29 is 0 Å². The summed E-state index contributed by atoms with van der Waals surface area (Å²) in [6, 6.07) is 4.48. The summed E-state index contributed by atoms with van der Waals surface area (Å²) in [6.07, 6.45) is 0. The molecular weight excluding hydrogens is 208 g/mol. The average Bonchev–Trinajstić information content (AvgIpc) is 2.37. The maximum Gasteiger partial charge on any atom is 0.0513 e. The molecule has 2 heteroatoms. The Labute approximate surface area is 103 Å². The molecule has 2 N–H and O–H groups in total.